The fourth-order valence-electron chi connectivity index (χ4n) is 9.81. The predicted octanol–water partition coefficient (Wildman–Crippen LogP) is 8.00. The lowest BCUT2D eigenvalue weighted by molar-refractivity contribution is 0.0103. The summed E-state index contributed by atoms with van der Waals surface area (Å²) in [4.78, 5) is 26.9. The van der Waals surface area contributed by atoms with Gasteiger partial charge in [-0.1, -0.05) is 11.6 Å². The van der Waals surface area contributed by atoms with E-state index in [0.29, 0.717) is 40.4 Å². The molecule has 15 heteroatoms. The van der Waals surface area contributed by atoms with Crippen LogP contribution in [0.25, 0.3) is 5.00 Å². The molecule has 4 aromatic heterocycles. The molecule has 0 unspecified atom stereocenters. The van der Waals surface area contributed by atoms with Crippen LogP contribution in [0.3, 0.4) is 0 Å². The van der Waals surface area contributed by atoms with Gasteiger partial charge >= 0.3 is 0 Å². The van der Waals surface area contributed by atoms with Gasteiger partial charge in [-0.2, -0.15) is 5.26 Å². The molecule has 13 nitrogen and oxygen atoms in total. The van der Waals surface area contributed by atoms with Crippen LogP contribution >= 0.6 is 22.9 Å². The standard InChI is InChI=1S/C45H47ClN10O3S/c1-26-27(2)60-42-39(26)40(50-45(16-17-45)43-54-51-28(3)56(42)43)31-6-14-38(48-23-31)58-24-29-20-44(21-29)15-4-18-55(25-44)37-13-12-36(52-53-37)41(57)49-32-7-10-33(11-8-32)59-34-9-5-30(22-47)35(46)19-34/h5-6,9,12-14,19,23,29,32-33H,4,7-8,10-11,15-18,20-21,24-25H2,1-3H3,(H,49,57). The Kier molecular flexibility index (Phi) is 9.87. The maximum Gasteiger partial charge on any atom is 0.272 e. The number of hydrogen-bond donors (Lipinski definition) is 1. The number of fused-ring (bicyclic) bond motifs is 4. The molecule has 0 bridgehead atoms. The Hall–Kier alpha value is -5.39. The molecular weight excluding hydrogens is 796 g/mol. The number of benzene rings is 1. The molecule has 5 aliphatic rings. The third-order valence-electron chi connectivity index (χ3n) is 13.3. The zero-order valence-corrected chi connectivity index (χ0v) is 35.7. The average Bonchev–Trinajstić information content (AvgIpc) is 3.86. The van der Waals surface area contributed by atoms with Gasteiger partial charge in [0.05, 0.1) is 29.0 Å². The minimum Gasteiger partial charge on any atom is -0.490 e. The predicted molar refractivity (Wildman–Crippen MR) is 229 cm³/mol. The number of halogens is 1. The number of aromatic nitrogens is 6. The summed E-state index contributed by atoms with van der Waals surface area (Å²) in [5, 5.41) is 31.7. The summed E-state index contributed by atoms with van der Waals surface area (Å²) >= 11 is 7.95. The van der Waals surface area contributed by atoms with E-state index in [0.717, 1.165) is 110 Å². The molecule has 1 amide bonds. The van der Waals surface area contributed by atoms with Crippen LogP contribution in [0.1, 0.15) is 113 Å². The van der Waals surface area contributed by atoms with Crippen molar-refractivity contribution < 1.29 is 14.3 Å². The molecular formula is C45H47ClN10O3S. The third kappa shape index (κ3) is 7.19. The highest BCUT2D eigenvalue weighted by Gasteiger charge is 2.52. The first-order chi connectivity index (χ1) is 29.1. The summed E-state index contributed by atoms with van der Waals surface area (Å²) in [5.74, 6) is 4.22. The van der Waals surface area contributed by atoms with Gasteiger partial charge in [0.15, 0.2) is 17.3 Å². The van der Waals surface area contributed by atoms with E-state index < -0.39 is 0 Å². The molecule has 1 saturated heterocycles. The summed E-state index contributed by atoms with van der Waals surface area (Å²) in [7, 11) is 0. The summed E-state index contributed by atoms with van der Waals surface area (Å²) in [6, 6.07) is 15.1. The van der Waals surface area contributed by atoms with E-state index in [1.807, 2.05) is 25.3 Å². The lowest BCUT2D eigenvalue weighted by atomic mass is 9.58. The van der Waals surface area contributed by atoms with Crippen LogP contribution in [-0.2, 0) is 5.54 Å². The summed E-state index contributed by atoms with van der Waals surface area (Å²) in [6.45, 7) is 8.87. The van der Waals surface area contributed by atoms with Gasteiger partial charge in [-0.3, -0.25) is 14.4 Å². The second kappa shape index (κ2) is 15.3. The van der Waals surface area contributed by atoms with Crippen molar-refractivity contribution in [2.45, 2.75) is 103 Å². The molecule has 60 heavy (non-hydrogen) atoms. The minimum atomic E-state index is -0.323. The maximum atomic E-state index is 13.1. The number of aryl methyl sites for hydroxylation is 2. The highest BCUT2D eigenvalue weighted by molar-refractivity contribution is 7.15. The molecule has 3 aliphatic carbocycles. The normalized spacial score (nSPS) is 23.8. The number of nitrogens with zero attached hydrogens (tertiary/aromatic N) is 9. The van der Waals surface area contributed by atoms with Gasteiger partial charge < -0.3 is 19.7 Å². The highest BCUT2D eigenvalue weighted by atomic mass is 35.5. The number of pyridine rings is 1. The number of rotatable bonds is 9. The largest absolute Gasteiger partial charge is 0.490 e. The smallest absolute Gasteiger partial charge is 0.272 e. The first-order valence-electron chi connectivity index (χ1n) is 21.1. The second-order valence-corrected chi connectivity index (χ2v) is 19.1. The highest BCUT2D eigenvalue weighted by Crippen LogP contribution is 2.54. The molecule has 1 aromatic carbocycles. The first kappa shape index (κ1) is 38.8. The summed E-state index contributed by atoms with van der Waals surface area (Å²) in [5.41, 5.74) is 5.04. The molecule has 4 fully saturated rings. The molecule has 2 aliphatic heterocycles. The van der Waals surface area contributed by atoms with Crippen LogP contribution < -0.4 is 19.7 Å². The number of ether oxygens (including phenoxy) is 2. The van der Waals surface area contributed by atoms with Crippen LogP contribution in [-0.4, -0.2) is 73.4 Å². The Balaban J connectivity index is 0.705. The van der Waals surface area contributed by atoms with E-state index >= 15 is 0 Å². The lowest BCUT2D eigenvalue weighted by Crippen LogP contribution is -2.51. The van der Waals surface area contributed by atoms with Gasteiger partial charge in [0.25, 0.3) is 5.91 Å². The fraction of sp³-hybridized carbons (Fsp3) is 0.467. The van der Waals surface area contributed by atoms with Crippen LogP contribution in [0.2, 0.25) is 5.02 Å². The fourth-order valence-corrected chi connectivity index (χ4v) is 11.2. The molecule has 1 N–H and O–H groups in total. The summed E-state index contributed by atoms with van der Waals surface area (Å²) in [6.07, 6.45) is 11.6. The van der Waals surface area contributed by atoms with E-state index in [1.54, 1.807) is 35.6 Å². The Morgan fingerprint density at radius 2 is 1.85 bits per heavy atom. The van der Waals surface area contributed by atoms with Crippen molar-refractivity contribution in [2.24, 2.45) is 16.3 Å². The van der Waals surface area contributed by atoms with Crippen LogP contribution in [0.4, 0.5) is 5.82 Å². The average molecular weight is 843 g/mol. The molecule has 0 radical (unpaired) electrons. The number of amides is 1. The van der Waals surface area contributed by atoms with Crippen LogP contribution in [0, 0.1) is 43.4 Å². The number of carbonyl (C=O) groups is 1. The SMILES string of the molecule is Cc1sc2c(c1C)C(c1ccc(OCC3CC4(CCCN(c5ccc(C(=O)NC6CCC(Oc7ccc(C#N)c(Cl)c7)CC6)nn5)C4)C3)nc1)=NC1(CC1)c1nnc(C)n1-2. The number of anilines is 1. The Morgan fingerprint density at radius 3 is 2.57 bits per heavy atom. The van der Waals surface area contributed by atoms with Crippen LogP contribution in [0.5, 0.6) is 11.6 Å². The number of piperidine rings is 1. The van der Waals surface area contributed by atoms with E-state index in [-0.39, 0.29) is 29.0 Å². The van der Waals surface area contributed by atoms with Crippen molar-refractivity contribution in [1.82, 2.24) is 35.3 Å². The number of carbonyl (C=O) groups excluding carboxylic acids is 1. The Labute approximate surface area is 358 Å². The van der Waals surface area contributed by atoms with Crippen molar-refractivity contribution in [3.05, 3.63) is 98.2 Å². The molecule has 6 heterocycles. The molecule has 0 atom stereocenters. The molecule has 2 spiro atoms. The van der Waals surface area contributed by atoms with E-state index in [4.69, 9.17) is 36.3 Å². The van der Waals surface area contributed by atoms with Crippen molar-refractivity contribution in [3.8, 4) is 22.7 Å². The molecule has 3 saturated carbocycles. The van der Waals surface area contributed by atoms with Crippen molar-refractivity contribution in [2.75, 3.05) is 24.6 Å². The number of aliphatic imine (C=N–C) groups is 1. The number of thiophene rings is 1. The summed E-state index contributed by atoms with van der Waals surface area (Å²) < 4.78 is 14.6. The Morgan fingerprint density at radius 1 is 1.02 bits per heavy atom. The minimum absolute atomic E-state index is 0.0330. The van der Waals surface area contributed by atoms with Gasteiger partial charge in [0.2, 0.25) is 5.88 Å². The number of nitrogens with one attached hydrogen (secondary N) is 1. The van der Waals surface area contributed by atoms with Gasteiger partial charge in [-0.25, -0.2) is 4.98 Å². The first-order valence-corrected chi connectivity index (χ1v) is 22.3. The lowest BCUT2D eigenvalue weighted by Gasteiger charge is -2.53. The van der Waals surface area contributed by atoms with E-state index in [1.165, 1.54) is 16.9 Å². The van der Waals surface area contributed by atoms with Crippen LogP contribution in [0.15, 0.2) is 53.7 Å². The zero-order valence-electron chi connectivity index (χ0n) is 34.1. The third-order valence-corrected chi connectivity index (χ3v) is 14.8. The molecule has 308 valence electrons. The molecule has 5 aromatic rings. The van der Waals surface area contributed by atoms with Gasteiger partial charge in [0, 0.05) is 53.5 Å². The van der Waals surface area contributed by atoms with Gasteiger partial charge in [-0.05, 0) is 132 Å². The van der Waals surface area contributed by atoms with Crippen molar-refractivity contribution in [1.29, 1.82) is 5.26 Å². The topological polar surface area (TPSA) is 156 Å². The maximum absolute atomic E-state index is 13.1. The number of nitriles is 1. The monoisotopic (exact) mass is 842 g/mol. The zero-order chi connectivity index (χ0) is 41.2. The van der Waals surface area contributed by atoms with Crippen molar-refractivity contribution >= 4 is 40.4 Å². The Bertz CT molecular complexity index is 2530. The van der Waals surface area contributed by atoms with E-state index in [2.05, 4.69) is 61.2 Å². The second-order valence-electron chi connectivity index (χ2n) is 17.5. The quantitative estimate of drug-likeness (QED) is 0.154. The molecule has 10 rings (SSSR count). The number of hydrogen-bond acceptors (Lipinski definition) is 12. The van der Waals surface area contributed by atoms with E-state index in [9.17, 15) is 4.79 Å². The van der Waals surface area contributed by atoms with Gasteiger partial charge in [-0.15, -0.1) is 31.7 Å². The van der Waals surface area contributed by atoms with Crippen molar-refractivity contribution in [3.63, 3.8) is 0 Å². The van der Waals surface area contributed by atoms with Gasteiger partial charge in [0.1, 0.15) is 28.2 Å².